The zero-order valence-electron chi connectivity index (χ0n) is 9.91. The van der Waals surface area contributed by atoms with Crippen LogP contribution in [0.4, 0.5) is 0 Å². The van der Waals surface area contributed by atoms with Crippen LogP contribution in [0.25, 0.3) is 0 Å². The lowest BCUT2D eigenvalue weighted by Crippen LogP contribution is -2.13. The third-order valence-corrected chi connectivity index (χ3v) is 5.30. The molecule has 1 aliphatic heterocycles. The highest BCUT2D eigenvalue weighted by molar-refractivity contribution is 7.99. The summed E-state index contributed by atoms with van der Waals surface area (Å²) in [5, 5.41) is 1.20. The molecule has 1 aromatic heterocycles. The second-order valence-corrected chi connectivity index (χ2v) is 6.53. The van der Waals surface area contributed by atoms with Gasteiger partial charge in [-0.15, -0.1) is 0 Å². The van der Waals surface area contributed by atoms with Crippen molar-refractivity contribution < 1.29 is 0 Å². The number of aromatic nitrogens is 2. The molecule has 1 atom stereocenters. The molecule has 1 unspecified atom stereocenters. The van der Waals surface area contributed by atoms with Crippen LogP contribution in [-0.2, 0) is 12.8 Å². The first-order valence-corrected chi connectivity index (χ1v) is 7.94. The molecule has 1 saturated heterocycles. The van der Waals surface area contributed by atoms with Crippen molar-refractivity contribution >= 4 is 23.4 Å². The molecule has 92 valence electrons. The average Bonchev–Trinajstić information content (AvgIpc) is 2.40. The molecule has 2 aliphatic rings. The van der Waals surface area contributed by atoms with Gasteiger partial charge < -0.3 is 0 Å². The fraction of sp³-hybridized carbons (Fsp3) is 0.692. The van der Waals surface area contributed by atoms with Crippen LogP contribution in [0.3, 0.4) is 0 Å². The second-order valence-electron chi connectivity index (χ2n) is 4.86. The number of nitrogens with zero attached hydrogens (tertiary/aromatic N) is 2. The van der Waals surface area contributed by atoms with E-state index in [0.717, 1.165) is 23.8 Å². The molecular formula is C13H17ClN2S. The van der Waals surface area contributed by atoms with Gasteiger partial charge in [0.1, 0.15) is 11.0 Å². The van der Waals surface area contributed by atoms with Gasteiger partial charge in [0, 0.05) is 11.3 Å². The maximum absolute atomic E-state index is 6.31. The van der Waals surface area contributed by atoms with Crippen molar-refractivity contribution in [1.29, 1.82) is 0 Å². The lowest BCUT2D eigenvalue weighted by atomic mass is 9.97. The van der Waals surface area contributed by atoms with Gasteiger partial charge >= 0.3 is 0 Å². The Morgan fingerprint density at radius 1 is 1.06 bits per heavy atom. The van der Waals surface area contributed by atoms with E-state index in [4.69, 9.17) is 16.6 Å². The van der Waals surface area contributed by atoms with Crippen molar-refractivity contribution in [1.82, 2.24) is 9.97 Å². The molecule has 4 heteroatoms. The van der Waals surface area contributed by atoms with Crippen molar-refractivity contribution in [2.45, 2.75) is 50.2 Å². The molecule has 1 fully saturated rings. The zero-order valence-corrected chi connectivity index (χ0v) is 11.5. The van der Waals surface area contributed by atoms with E-state index in [0.29, 0.717) is 5.25 Å². The molecule has 2 heterocycles. The fourth-order valence-electron chi connectivity index (χ4n) is 2.65. The summed E-state index contributed by atoms with van der Waals surface area (Å²) >= 11 is 8.30. The van der Waals surface area contributed by atoms with Gasteiger partial charge in [-0.3, -0.25) is 0 Å². The molecule has 0 amide bonds. The van der Waals surface area contributed by atoms with Gasteiger partial charge in [0.2, 0.25) is 0 Å². The molecule has 0 N–H and O–H groups in total. The Bertz CT molecular complexity index is 416. The quantitative estimate of drug-likeness (QED) is 0.721. The van der Waals surface area contributed by atoms with Gasteiger partial charge in [-0.25, -0.2) is 9.97 Å². The number of aryl methyl sites for hydroxylation is 1. The normalized spacial score (nSPS) is 24.4. The van der Waals surface area contributed by atoms with Gasteiger partial charge in [0.05, 0.1) is 5.25 Å². The molecule has 0 saturated carbocycles. The van der Waals surface area contributed by atoms with Crippen LogP contribution < -0.4 is 0 Å². The third-order valence-electron chi connectivity index (χ3n) is 3.62. The summed E-state index contributed by atoms with van der Waals surface area (Å²) in [4.78, 5) is 9.33. The standard InChI is InChI=1S/C13H17ClN2S/c14-12-9-5-1-2-6-10(9)15-13(16-12)11-7-3-4-8-17-11/h11H,1-8H2. The van der Waals surface area contributed by atoms with Gasteiger partial charge in [-0.1, -0.05) is 18.0 Å². The van der Waals surface area contributed by atoms with Crippen LogP contribution in [0.2, 0.25) is 5.15 Å². The molecule has 0 bridgehead atoms. The number of fused-ring (bicyclic) bond motifs is 1. The Hall–Kier alpha value is -0.280. The lowest BCUT2D eigenvalue weighted by Gasteiger charge is -2.22. The molecule has 0 radical (unpaired) electrons. The van der Waals surface area contributed by atoms with Gasteiger partial charge in [0.15, 0.2) is 0 Å². The number of rotatable bonds is 1. The molecular weight excluding hydrogens is 252 g/mol. The molecule has 1 aromatic rings. The smallest absolute Gasteiger partial charge is 0.143 e. The predicted octanol–water partition coefficient (Wildman–Crippen LogP) is 3.97. The topological polar surface area (TPSA) is 25.8 Å². The van der Waals surface area contributed by atoms with Crippen molar-refractivity contribution in [3.63, 3.8) is 0 Å². The first-order valence-electron chi connectivity index (χ1n) is 6.51. The van der Waals surface area contributed by atoms with Crippen LogP contribution in [-0.4, -0.2) is 15.7 Å². The maximum atomic E-state index is 6.31. The van der Waals surface area contributed by atoms with Gasteiger partial charge in [0.25, 0.3) is 0 Å². The van der Waals surface area contributed by atoms with Crippen LogP contribution in [0.1, 0.15) is 54.4 Å². The van der Waals surface area contributed by atoms with Crippen molar-refractivity contribution in [2.24, 2.45) is 0 Å². The van der Waals surface area contributed by atoms with E-state index in [-0.39, 0.29) is 0 Å². The minimum atomic E-state index is 0.480. The summed E-state index contributed by atoms with van der Waals surface area (Å²) in [7, 11) is 0. The van der Waals surface area contributed by atoms with E-state index in [1.165, 1.54) is 49.1 Å². The maximum Gasteiger partial charge on any atom is 0.143 e. The minimum Gasteiger partial charge on any atom is -0.236 e. The van der Waals surface area contributed by atoms with E-state index in [9.17, 15) is 0 Å². The van der Waals surface area contributed by atoms with Crippen molar-refractivity contribution in [2.75, 3.05) is 5.75 Å². The van der Waals surface area contributed by atoms with E-state index in [1.807, 2.05) is 11.8 Å². The molecule has 3 rings (SSSR count). The first kappa shape index (κ1) is 11.8. The largest absolute Gasteiger partial charge is 0.236 e. The summed E-state index contributed by atoms with van der Waals surface area (Å²) in [6, 6.07) is 0. The van der Waals surface area contributed by atoms with Crippen LogP contribution in [0, 0.1) is 0 Å². The average molecular weight is 269 g/mol. The first-order chi connectivity index (χ1) is 8.34. The van der Waals surface area contributed by atoms with Gasteiger partial charge in [-0.2, -0.15) is 11.8 Å². The molecule has 17 heavy (non-hydrogen) atoms. The highest BCUT2D eigenvalue weighted by Crippen LogP contribution is 2.38. The third kappa shape index (κ3) is 2.45. The fourth-order valence-corrected chi connectivity index (χ4v) is 4.19. The summed E-state index contributed by atoms with van der Waals surface area (Å²) in [6.45, 7) is 0. The minimum absolute atomic E-state index is 0.480. The van der Waals surface area contributed by atoms with Crippen molar-refractivity contribution in [3.8, 4) is 0 Å². The highest BCUT2D eigenvalue weighted by Gasteiger charge is 2.23. The molecule has 1 aliphatic carbocycles. The lowest BCUT2D eigenvalue weighted by molar-refractivity contribution is 0.628. The summed E-state index contributed by atoms with van der Waals surface area (Å²) in [6.07, 6.45) is 8.47. The molecule has 2 nitrogen and oxygen atoms in total. The second kappa shape index (κ2) is 5.15. The Morgan fingerprint density at radius 3 is 2.76 bits per heavy atom. The van der Waals surface area contributed by atoms with E-state index in [1.54, 1.807) is 0 Å². The Morgan fingerprint density at radius 2 is 1.94 bits per heavy atom. The van der Waals surface area contributed by atoms with E-state index >= 15 is 0 Å². The Labute approximate surface area is 112 Å². The number of hydrogen-bond donors (Lipinski definition) is 0. The number of thioether (sulfide) groups is 1. The Balaban J connectivity index is 1.92. The summed E-state index contributed by atoms with van der Waals surface area (Å²) in [5.41, 5.74) is 2.43. The predicted molar refractivity (Wildman–Crippen MR) is 72.7 cm³/mol. The number of halogens is 1. The summed E-state index contributed by atoms with van der Waals surface area (Å²) in [5.74, 6) is 2.23. The van der Waals surface area contributed by atoms with E-state index in [2.05, 4.69) is 4.98 Å². The van der Waals surface area contributed by atoms with Crippen molar-refractivity contribution in [3.05, 3.63) is 22.2 Å². The molecule has 0 spiro atoms. The van der Waals surface area contributed by atoms with Gasteiger partial charge in [-0.05, 0) is 44.3 Å². The monoisotopic (exact) mass is 268 g/mol. The van der Waals surface area contributed by atoms with Crippen LogP contribution >= 0.6 is 23.4 Å². The summed E-state index contributed by atoms with van der Waals surface area (Å²) < 4.78 is 0. The Kier molecular flexibility index (Phi) is 3.57. The van der Waals surface area contributed by atoms with E-state index < -0.39 is 0 Å². The SMILES string of the molecule is Clc1nc(C2CCCCS2)nc2c1CCCC2. The zero-order chi connectivity index (χ0) is 11.7. The van der Waals surface area contributed by atoms with Crippen LogP contribution in [0.5, 0.6) is 0 Å². The number of hydrogen-bond acceptors (Lipinski definition) is 3. The van der Waals surface area contributed by atoms with Crippen LogP contribution in [0.15, 0.2) is 0 Å². The molecule has 0 aromatic carbocycles. The highest BCUT2D eigenvalue weighted by atomic mass is 35.5.